The maximum atomic E-state index is 12.7. The molecule has 0 aliphatic rings. The van der Waals surface area contributed by atoms with Gasteiger partial charge >= 0.3 is 0 Å². The second kappa shape index (κ2) is 8.28. The molecule has 0 saturated carbocycles. The number of hydrogen-bond acceptors (Lipinski definition) is 4. The molecule has 0 spiro atoms. The van der Waals surface area contributed by atoms with Crippen molar-refractivity contribution >= 4 is 27.3 Å². The fourth-order valence-corrected chi connectivity index (χ4v) is 4.20. The quantitative estimate of drug-likeness (QED) is 0.678. The fourth-order valence-electron chi connectivity index (χ4n) is 2.83. The van der Waals surface area contributed by atoms with E-state index in [-0.39, 0.29) is 16.6 Å². The van der Waals surface area contributed by atoms with Crippen LogP contribution in [-0.2, 0) is 15.6 Å². The number of nitrogens with zero attached hydrogens (tertiary/aromatic N) is 1. The van der Waals surface area contributed by atoms with Gasteiger partial charge in [-0.3, -0.25) is 9.59 Å². The van der Waals surface area contributed by atoms with Crippen LogP contribution < -0.4 is 10.6 Å². The Morgan fingerprint density at radius 3 is 1.93 bits per heavy atom. The van der Waals surface area contributed by atoms with E-state index in [2.05, 4.69) is 0 Å². The Hall–Kier alpha value is -3.45. The summed E-state index contributed by atoms with van der Waals surface area (Å²) in [5.74, 6) is -0.934. The molecule has 0 atom stereocenters. The lowest BCUT2D eigenvalue weighted by Crippen LogP contribution is -2.26. The van der Waals surface area contributed by atoms with Gasteiger partial charge in [0.1, 0.15) is 0 Å². The van der Waals surface area contributed by atoms with Crippen molar-refractivity contribution in [3.05, 3.63) is 95.6 Å². The van der Waals surface area contributed by atoms with Crippen LogP contribution in [0.2, 0.25) is 0 Å². The van der Waals surface area contributed by atoms with Crippen LogP contribution >= 0.6 is 0 Å². The molecule has 7 heteroatoms. The van der Waals surface area contributed by atoms with Gasteiger partial charge in [0.05, 0.1) is 10.6 Å². The highest BCUT2D eigenvalue weighted by Crippen LogP contribution is 2.19. The van der Waals surface area contributed by atoms with Crippen molar-refractivity contribution in [1.29, 1.82) is 0 Å². The molecule has 0 radical (unpaired) electrons. The lowest BCUT2D eigenvalue weighted by atomic mass is 10.1. The smallest absolute Gasteiger partial charge is 0.258 e. The number of carbonyl (C=O) groups is 2. The van der Waals surface area contributed by atoms with Gasteiger partial charge in [-0.05, 0) is 54.1 Å². The van der Waals surface area contributed by atoms with Crippen LogP contribution in [0.5, 0.6) is 0 Å². The van der Waals surface area contributed by atoms with Gasteiger partial charge in [0.15, 0.2) is 9.84 Å². The summed E-state index contributed by atoms with van der Waals surface area (Å²) in [7, 11) is -1.83. The molecule has 0 aliphatic carbocycles. The summed E-state index contributed by atoms with van der Waals surface area (Å²) in [5, 5.41) is 0. The summed E-state index contributed by atoms with van der Waals surface area (Å²) in [6, 6.07) is 21.1. The predicted molar refractivity (Wildman–Crippen MR) is 111 cm³/mol. The van der Waals surface area contributed by atoms with E-state index in [4.69, 9.17) is 5.73 Å². The van der Waals surface area contributed by atoms with Gasteiger partial charge in [-0.1, -0.05) is 30.3 Å². The third kappa shape index (κ3) is 4.70. The van der Waals surface area contributed by atoms with E-state index < -0.39 is 15.7 Å². The lowest BCUT2D eigenvalue weighted by Gasteiger charge is -2.18. The first-order valence-electron chi connectivity index (χ1n) is 8.82. The Morgan fingerprint density at radius 2 is 1.38 bits per heavy atom. The predicted octanol–water partition coefficient (Wildman–Crippen LogP) is 3.04. The molecule has 3 aromatic carbocycles. The molecule has 3 aromatic rings. The molecule has 148 valence electrons. The second-order valence-corrected chi connectivity index (χ2v) is 8.53. The molecule has 6 nitrogen and oxygen atoms in total. The molecule has 0 saturated heterocycles. The highest BCUT2D eigenvalue weighted by Gasteiger charge is 2.17. The van der Waals surface area contributed by atoms with Crippen molar-refractivity contribution in [2.24, 2.45) is 5.73 Å². The SMILES string of the molecule is CN(C(=O)c1ccc(CS(=O)(=O)c2ccccc2)cc1)c1ccc(C(N)=O)cc1. The van der Waals surface area contributed by atoms with Gasteiger partial charge < -0.3 is 10.6 Å². The number of rotatable bonds is 6. The molecule has 0 fully saturated rings. The molecule has 2 amide bonds. The number of anilines is 1. The number of nitrogens with two attached hydrogens (primary N) is 1. The highest BCUT2D eigenvalue weighted by atomic mass is 32.2. The Labute approximate surface area is 169 Å². The summed E-state index contributed by atoms with van der Waals surface area (Å²) in [6.07, 6.45) is 0. The number of carbonyl (C=O) groups excluding carboxylic acids is 2. The third-order valence-corrected chi connectivity index (χ3v) is 6.21. The van der Waals surface area contributed by atoms with Gasteiger partial charge in [-0.15, -0.1) is 0 Å². The van der Waals surface area contributed by atoms with Crippen LogP contribution in [0.1, 0.15) is 26.3 Å². The summed E-state index contributed by atoms with van der Waals surface area (Å²) in [4.78, 5) is 25.6. The van der Waals surface area contributed by atoms with Crippen molar-refractivity contribution in [3.63, 3.8) is 0 Å². The summed E-state index contributed by atoms with van der Waals surface area (Å²) >= 11 is 0. The average Bonchev–Trinajstić information content (AvgIpc) is 2.73. The van der Waals surface area contributed by atoms with Crippen molar-refractivity contribution in [3.8, 4) is 0 Å². The van der Waals surface area contributed by atoms with Crippen molar-refractivity contribution < 1.29 is 18.0 Å². The van der Waals surface area contributed by atoms with Crippen LogP contribution in [0.25, 0.3) is 0 Å². The van der Waals surface area contributed by atoms with Crippen LogP contribution in [0, 0.1) is 0 Å². The standard InChI is InChI=1S/C22H20N2O4S/c1-24(19-13-11-17(12-14-19)21(23)25)22(26)18-9-7-16(8-10-18)15-29(27,28)20-5-3-2-4-6-20/h2-14H,15H2,1H3,(H2,23,25). The zero-order chi connectivity index (χ0) is 21.0. The molecule has 29 heavy (non-hydrogen) atoms. The van der Waals surface area contributed by atoms with E-state index in [1.807, 2.05) is 0 Å². The Kier molecular flexibility index (Phi) is 5.79. The first-order valence-corrected chi connectivity index (χ1v) is 10.5. The first-order chi connectivity index (χ1) is 13.8. The summed E-state index contributed by atoms with van der Waals surface area (Å²) < 4.78 is 25.0. The van der Waals surface area contributed by atoms with Crippen molar-refractivity contribution in [2.75, 3.05) is 11.9 Å². The monoisotopic (exact) mass is 408 g/mol. The minimum absolute atomic E-state index is 0.143. The first kappa shape index (κ1) is 20.3. The Morgan fingerprint density at radius 1 is 0.828 bits per heavy atom. The van der Waals surface area contributed by atoms with Crippen LogP contribution in [0.15, 0.2) is 83.8 Å². The molecule has 0 bridgehead atoms. The van der Waals surface area contributed by atoms with E-state index >= 15 is 0 Å². The van der Waals surface area contributed by atoms with Crippen LogP contribution in [-0.4, -0.2) is 27.3 Å². The Bertz CT molecular complexity index is 1120. The van der Waals surface area contributed by atoms with Crippen LogP contribution in [0.3, 0.4) is 0 Å². The molecule has 0 aliphatic heterocycles. The van der Waals surface area contributed by atoms with E-state index in [9.17, 15) is 18.0 Å². The van der Waals surface area contributed by atoms with Gasteiger partial charge in [0, 0.05) is 23.9 Å². The molecule has 3 rings (SSSR count). The van der Waals surface area contributed by atoms with Crippen molar-refractivity contribution in [1.82, 2.24) is 0 Å². The minimum atomic E-state index is -3.45. The second-order valence-electron chi connectivity index (χ2n) is 6.54. The molecule has 2 N–H and O–H groups in total. The van der Waals surface area contributed by atoms with E-state index in [1.165, 1.54) is 4.90 Å². The zero-order valence-corrected chi connectivity index (χ0v) is 16.6. The summed E-state index contributed by atoms with van der Waals surface area (Å²) in [5.41, 5.74) is 7.21. The largest absolute Gasteiger partial charge is 0.366 e. The van der Waals surface area contributed by atoms with E-state index in [0.29, 0.717) is 22.4 Å². The van der Waals surface area contributed by atoms with E-state index in [0.717, 1.165) is 0 Å². The maximum Gasteiger partial charge on any atom is 0.258 e. The zero-order valence-electron chi connectivity index (χ0n) is 15.8. The number of hydrogen-bond donors (Lipinski definition) is 1. The number of benzene rings is 3. The van der Waals surface area contributed by atoms with Gasteiger partial charge in [0.25, 0.3) is 5.91 Å². The topological polar surface area (TPSA) is 97.5 Å². The Balaban J connectivity index is 1.74. The molecule has 0 aromatic heterocycles. The fraction of sp³-hybridized carbons (Fsp3) is 0.0909. The third-order valence-electron chi connectivity index (χ3n) is 4.50. The molecule has 0 unspecified atom stereocenters. The normalized spacial score (nSPS) is 11.1. The number of sulfone groups is 1. The number of primary amides is 1. The number of amides is 2. The average molecular weight is 408 g/mol. The van der Waals surface area contributed by atoms with Gasteiger partial charge in [-0.25, -0.2) is 8.42 Å². The van der Waals surface area contributed by atoms with Crippen LogP contribution in [0.4, 0.5) is 5.69 Å². The molecule has 0 heterocycles. The van der Waals surface area contributed by atoms with Gasteiger partial charge in [-0.2, -0.15) is 0 Å². The lowest BCUT2D eigenvalue weighted by molar-refractivity contribution is 0.0989. The van der Waals surface area contributed by atoms with E-state index in [1.54, 1.807) is 85.9 Å². The minimum Gasteiger partial charge on any atom is -0.366 e. The summed E-state index contributed by atoms with van der Waals surface area (Å²) in [6.45, 7) is 0. The molecular weight excluding hydrogens is 388 g/mol. The highest BCUT2D eigenvalue weighted by molar-refractivity contribution is 7.90. The van der Waals surface area contributed by atoms with Crippen molar-refractivity contribution in [2.45, 2.75) is 10.6 Å². The van der Waals surface area contributed by atoms with Gasteiger partial charge in [0.2, 0.25) is 5.91 Å². The molecular formula is C22H20N2O4S. The maximum absolute atomic E-state index is 12.7.